The highest BCUT2D eigenvalue weighted by atomic mass is 32.2. The molecule has 0 aliphatic carbocycles. The Morgan fingerprint density at radius 2 is 2.25 bits per heavy atom. The number of carboxylic acid groups (broad SMARTS) is 1. The van der Waals surface area contributed by atoms with Crippen LogP contribution in [0.1, 0.15) is 0 Å². The van der Waals surface area contributed by atoms with Gasteiger partial charge >= 0.3 is 5.97 Å². The fourth-order valence-electron chi connectivity index (χ4n) is 0.707. The van der Waals surface area contributed by atoms with E-state index in [4.69, 9.17) is 5.11 Å². The van der Waals surface area contributed by atoms with E-state index < -0.39 is 27.6 Å². The van der Waals surface area contributed by atoms with Crippen molar-refractivity contribution in [2.24, 2.45) is 0 Å². The maximum absolute atomic E-state index is 10.9. The number of thiol groups is 1. The molecule has 1 fully saturated rings. The average molecular weight is 207 g/mol. The molecule has 1 rings (SSSR count). The molecule has 2 amide bonds. The lowest BCUT2D eigenvalue weighted by Gasteiger charge is -2.07. The van der Waals surface area contributed by atoms with Crippen molar-refractivity contribution < 1.29 is 19.5 Å². The Balaban J connectivity index is 2.70. The molecule has 1 saturated heterocycles. The quantitative estimate of drug-likeness (QED) is 0.542. The predicted molar refractivity (Wildman–Crippen MR) is 45.3 cm³/mol. The van der Waals surface area contributed by atoms with Crippen LogP contribution in [0.25, 0.3) is 0 Å². The van der Waals surface area contributed by atoms with Crippen molar-refractivity contribution >= 4 is 41.5 Å². The summed E-state index contributed by atoms with van der Waals surface area (Å²) in [4.78, 5) is 31.8. The number of nitrogens with one attached hydrogen (secondary N) is 1. The molecule has 1 aliphatic rings. The summed E-state index contributed by atoms with van der Waals surface area (Å²) in [5.74, 6) is -1.80. The van der Waals surface area contributed by atoms with Crippen LogP contribution in [0.2, 0.25) is 0 Å². The Labute approximate surface area is 77.3 Å². The molecule has 12 heavy (non-hydrogen) atoms. The molecule has 0 unspecified atom stereocenters. The maximum Gasteiger partial charge on any atom is 0.318 e. The van der Waals surface area contributed by atoms with Gasteiger partial charge < -0.3 is 5.11 Å². The predicted octanol–water partition coefficient (Wildman–Crippen LogP) is -0.279. The second-order valence-corrected chi connectivity index (χ2v) is 3.77. The molecule has 2 N–H and O–H groups in total. The fourth-order valence-corrected chi connectivity index (χ4v) is 1.83. The number of hydrogen-bond donors (Lipinski definition) is 3. The van der Waals surface area contributed by atoms with E-state index in [9.17, 15) is 14.4 Å². The third-order valence-electron chi connectivity index (χ3n) is 1.26. The van der Waals surface area contributed by atoms with Gasteiger partial charge in [-0.3, -0.25) is 19.7 Å². The van der Waals surface area contributed by atoms with E-state index in [-0.39, 0.29) is 0 Å². The van der Waals surface area contributed by atoms with Gasteiger partial charge in [-0.2, -0.15) is 12.6 Å². The summed E-state index contributed by atoms with van der Waals surface area (Å²) < 4.78 is 0. The number of thioether (sulfide) groups is 1. The lowest BCUT2D eigenvalue weighted by Crippen LogP contribution is -2.34. The number of aliphatic carboxylic acids is 1. The normalized spacial score (nSPS) is 25.2. The van der Waals surface area contributed by atoms with E-state index in [1.807, 2.05) is 5.32 Å². The summed E-state index contributed by atoms with van der Waals surface area (Å²) in [6, 6.07) is 0. The van der Waals surface area contributed by atoms with E-state index in [1.165, 1.54) is 0 Å². The lowest BCUT2D eigenvalue weighted by atomic mass is 10.3. The third-order valence-corrected chi connectivity index (χ3v) is 3.03. The van der Waals surface area contributed by atoms with Crippen LogP contribution in [0.5, 0.6) is 0 Å². The van der Waals surface area contributed by atoms with E-state index in [0.717, 1.165) is 0 Å². The Morgan fingerprint density at radius 3 is 2.58 bits per heavy atom. The third kappa shape index (κ3) is 1.72. The largest absolute Gasteiger partial charge is 0.480 e. The minimum absolute atomic E-state index is 0.523. The van der Waals surface area contributed by atoms with Gasteiger partial charge in [-0.15, -0.1) is 0 Å². The Kier molecular flexibility index (Phi) is 2.63. The number of carbonyl (C=O) groups is 3. The van der Waals surface area contributed by atoms with Crippen molar-refractivity contribution in [2.45, 2.75) is 10.5 Å². The van der Waals surface area contributed by atoms with Crippen molar-refractivity contribution in [3.8, 4) is 0 Å². The Morgan fingerprint density at radius 1 is 1.67 bits per heavy atom. The smallest absolute Gasteiger partial charge is 0.318 e. The van der Waals surface area contributed by atoms with Crippen LogP contribution in [-0.2, 0) is 9.59 Å². The second kappa shape index (κ2) is 3.36. The highest BCUT2D eigenvalue weighted by Crippen LogP contribution is 2.24. The second-order valence-electron chi connectivity index (χ2n) is 2.10. The fraction of sp³-hybridized carbons (Fsp3) is 0.400. The topological polar surface area (TPSA) is 83.5 Å². The number of imide groups is 1. The Hall–Kier alpha value is -0.690. The molecule has 2 atom stereocenters. The van der Waals surface area contributed by atoms with Gasteiger partial charge in [-0.25, -0.2) is 0 Å². The van der Waals surface area contributed by atoms with Crippen LogP contribution >= 0.6 is 24.4 Å². The molecular formula is C5H5NO4S2. The van der Waals surface area contributed by atoms with Crippen LogP contribution in [-0.4, -0.2) is 32.7 Å². The van der Waals surface area contributed by atoms with Crippen LogP contribution in [0.3, 0.4) is 0 Å². The van der Waals surface area contributed by atoms with Gasteiger partial charge in [0.15, 0.2) is 0 Å². The van der Waals surface area contributed by atoms with Gasteiger partial charge in [0.1, 0.15) is 10.5 Å². The van der Waals surface area contributed by atoms with Gasteiger partial charge in [0.05, 0.1) is 0 Å². The van der Waals surface area contributed by atoms with Crippen molar-refractivity contribution in [1.82, 2.24) is 5.32 Å². The molecule has 0 radical (unpaired) electrons. The minimum Gasteiger partial charge on any atom is -0.480 e. The first-order chi connectivity index (χ1) is 5.52. The van der Waals surface area contributed by atoms with Gasteiger partial charge in [0, 0.05) is 0 Å². The Bertz CT molecular complexity index is 254. The molecule has 0 spiro atoms. The number of hydrogen-bond acceptors (Lipinski definition) is 5. The first-order valence-corrected chi connectivity index (χ1v) is 4.34. The molecule has 0 aromatic rings. The molecule has 1 heterocycles. The van der Waals surface area contributed by atoms with E-state index in [2.05, 4.69) is 12.6 Å². The van der Waals surface area contributed by atoms with Crippen molar-refractivity contribution in [1.29, 1.82) is 0 Å². The van der Waals surface area contributed by atoms with Gasteiger partial charge in [0.25, 0.3) is 5.24 Å². The van der Waals surface area contributed by atoms with Crippen LogP contribution in [0, 0.1) is 0 Å². The van der Waals surface area contributed by atoms with Crippen LogP contribution < -0.4 is 5.32 Å². The summed E-state index contributed by atoms with van der Waals surface area (Å²) in [6.07, 6.45) is 0. The monoisotopic (exact) mass is 207 g/mol. The van der Waals surface area contributed by atoms with Crippen molar-refractivity contribution in [3.05, 3.63) is 0 Å². The standard InChI is InChI=1S/C5H5NO4S2/c7-3-2(1(11)4(8)9)12-5(10)6-3/h1-2,11H,(H,8,9)(H,6,7,10)/t1-,2+/m0/s1. The summed E-state index contributed by atoms with van der Waals surface area (Å²) >= 11 is 4.34. The summed E-state index contributed by atoms with van der Waals surface area (Å²) in [7, 11) is 0. The average Bonchev–Trinajstić information content (AvgIpc) is 2.28. The van der Waals surface area contributed by atoms with Crippen LogP contribution in [0.15, 0.2) is 0 Å². The van der Waals surface area contributed by atoms with Crippen molar-refractivity contribution in [2.75, 3.05) is 0 Å². The zero-order valence-electron chi connectivity index (χ0n) is 5.68. The summed E-state index contributed by atoms with van der Waals surface area (Å²) in [5.41, 5.74) is 0. The number of carboxylic acids is 1. The number of rotatable bonds is 2. The molecule has 1 aliphatic heterocycles. The zero-order valence-corrected chi connectivity index (χ0v) is 7.39. The molecule has 0 bridgehead atoms. The first-order valence-electron chi connectivity index (χ1n) is 2.94. The number of amides is 2. The molecule has 0 saturated carbocycles. The SMILES string of the molecule is O=C1NC(=O)[C@@H]([C@H](S)C(=O)O)S1. The molecule has 0 aromatic carbocycles. The molecule has 66 valence electrons. The maximum atomic E-state index is 10.9. The highest BCUT2D eigenvalue weighted by molar-refractivity contribution is 8.15. The minimum atomic E-state index is -1.21. The first kappa shape index (κ1) is 9.40. The molecule has 7 heteroatoms. The zero-order chi connectivity index (χ0) is 9.30. The summed E-state index contributed by atoms with van der Waals surface area (Å²) in [5, 5.41) is 7.86. The van der Waals surface area contributed by atoms with Gasteiger partial charge in [-0.1, -0.05) is 0 Å². The number of carbonyl (C=O) groups excluding carboxylic acids is 2. The molecule has 0 aromatic heterocycles. The lowest BCUT2D eigenvalue weighted by molar-refractivity contribution is -0.137. The molecular weight excluding hydrogens is 202 g/mol. The van der Waals surface area contributed by atoms with E-state index >= 15 is 0 Å². The van der Waals surface area contributed by atoms with Crippen LogP contribution in [0.4, 0.5) is 4.79 Å². The highest BCUT2D eigenvalue weighted by Gasteiger charge is 2.39. The van der Waals surface area contributed by atoms with Gasteiger partial charge in [0.2, 0.25) is 5.91 Å². The molecule has 5 nitrogen and oxygen atoms in total. The van der Waals surface area contributed by atoms with Crippen molar-refractivity contribution in [3.63, 3.8) is 0 Å². The van der Waals surface area contributed by atoms with Gasteiger partial charge in [-0.05, 0) is 11.8 Å². The summed E-state index contributed by atoms with van der Waals surface area (Å²) in [6.45, 7) is 0. The van der Waals surface area contributed by atoms with E-state index in [0.29, 0.717) is 11.8 Å². The van der Waals surface area contributed by atoms with E-state index in [1.54, 1.807) is 0 Å².